The number of amides is 1. The van der Waals surface area contributed by atoms with Gasteiger partial charge in [-0.2, -0.15) is 0 Å². The van der Waals surface area contributed by atoms with Gasteiger partial charge in [-0.25, -0.2) is 4.79 Å². The van der Waals surface area contributed by atoms with Crippen molar-refractivity contribution in [2.75, 3.05) is 13.1 Å². The van der Waals surface area contributed by atoms with Crippen LogP contribution in [0.1, 0.15) is 50.8 Å². The van der Waals surface area contributed by atoms with Gasteiger partial charge < -0.3 is 15.2 Å². The first kappa shape index (κ1) is 19.7. The largest absolute Gasteiger partial charge is 0.444 e. The number of benzene rings is 1. The first-order chi connectivity index (χ1) is 12.1. The molecular formula is C19H26Cl2N2O3. The van der Waals surface area contributed by atoms with Crippen LogP contribution in [0.25, 0.3) is 0 Å². The van der Waals surface area contributed by atoms with Gasteiger partial charge in [-0.05, 0) is 63.4 Å². The molecule has 7 heteroatoms. The monoisotopic (exact) mass is 400 g/mol. The molecule has 0 bridgehead atoms. The minimum absolute atomic E-state index is 0.00972. The molecule has 1 heterocycles. The molecule has 3 atom stereocenters. The fourth-order valence-electron chi connectivity index (χ4n) is 3.92. The Morgan fingerprint density at radius 1 is 1.35 bits per heavy atom. The molecule has 0 radical (unpaired) electrons. The van der Waals surface area contributed by atoms with Gasteiger partial charge in [0.2, 0.25) is 0 Å². The van der Waals surface area contributed by atoms with E-state index >= 15 is 0 Å². The number of carbonyl (C=O) groups is 1. The smallest absolute Gasteiger partial charge is 0.407 e. The Kier molecular flexibility index (Phi) is 5.73. The highest BCUT2D eigenvalue weighted by molar-refractivity contribution is 6.35. The zero-order chi connectivity index (χ0) is 19.1. The number of hydrogen-bond acceptors (Lipinski definition) is 4. The predicted molar refractivity (Wildman–Crippen MR) is 103 cm³/mol. The van der Waals surface area contributed by atoms with Crippen molar-refractivity contribution in [2.24, 2.45) is 0 Å². The molecule has 5 nitrogen and oxygen atoms in total. The molecule has 0 spiro atoms. The summed E-state index contributed by atoms with van der Waals surface area (Å²) in [4.78, 5) is 14.3. The highest BCUT2D eigenvalue weighted by Gasteiger charge is 2.39. The topological polar surface area (TPSA) is 61.8 Å². The molecule has 1 aliphatic carbocycles. The van der Waals surface area contributed by atoms with Crippen LogP contribution < -0.4 is 5.32 Å². The van der Waals surface area contributed by atoms with E-state index in [1.807, 2.05) is 26.8 Å². The van der Waals surface area contributed by atoms with Gasteiger partial charge in [0.15, 0.2) is 0 Å². The van der Waals surface area contributed by atoms with Crippen LogP contribution in [0.3, 0.4) is 0 Å². The van der Waals surface area contributed by atoms with Gasteiger partial charge in [0.25, 0.3) is 0 Å². The van der Waals surface area contributed by atoms with Crippen molar-refractivity contribution >= 4 is 29.3 Å². The molecule has 1 amide bonds. The highest BCUT2D eigenvalue weighted by Crippen LogP contribution is 2.42. The van der Waals surface area contributed by atoms with E-state index in [0.29, 0.717) is 23.0 Å². The van der Waals surface area contributed by atoms with Gasteiger partial charge in [0, 0.05) is 29.1 Å². The van der Waals surface area contributed by atoms with E-state index < -0.39 is 17.8 Å². The van der Waals surface area contributed by atoms with E-state index in [4.69, 9.17) is 27.9 Å². The molecule has 144 valence electrons. The van der Waals surface area contributed by atoms with E-state index in [1.165, 1.54) is 0 Å². The maximum atomic E-state index is 12.1. The number of nitrogens with one attached hydrogen (secondary N) is 1. The van der Waals surface area contributed by atoms with Gasteiger partial charge in [0.1, 0.15) is 5.60 Å². The third-order valence-electron chi connectivity index (χ3n) is 4.86. The Labute approximate surface area is 164 Å². The van der Waals surface area contributed by atoms with Crippen LogP contribution >= 0.6 is 23.2 Å². The zero-order valence-corrected chi connectivity index (χ0v) is 16.9. The number of aliphatic hydroxyl groups is 1. The number of ether oxygens (including phenoxy) is 1. The minimum atomic E-state index is -0.527. The Morgan fingerprint density at radius 3 is 2.77 bits per heavy atom. The van der Waals surface area contributed by atoms with Crippen molar-refractivity contribution in [1.29, 1.82) is 0 Å². The summed E-state index contributed by atoms with van der Waals surface area (Å²) >= 11 is 12.5. The molecule has 1 aromatic rings. The summed E-state index contributed by atoms with van der Waals surface area (Å²) in [6.07, 6.45) is 1.43. The van der Waals surface area contributed by atoms with Crippen LogP contribution in [-0.2, 0) is 11.2 Å². The van der Waals surface area contributed by atoms with Crippen molar-refractivity contribution in [2.45, 2.75) is 63.8 Å². The predicted octanol–water partition coefficient (Wildman–Crippen LogP) is 3.94. The van der Waals surface area contributed by atoms with Gasteiger partial charge in [-0.3, -0.25) is 4.90 Å². The second kappa shape index (κ2) is 7.55. The summed E-state index contributed by atoms with van der Waals surface area (Å²) in [6, 6.07) is 3.46. The van der Waals surface area contributed by atoms with Gasteiger partial charge in [0.05, 0.1) is 12.1 Å². The molecule has 3 unspecified atom stereocenters. The van der Waals surface area contributed by atoms with E-state index in [2.05, 4.69) is 10.2 Å². The Balaban J connectivity index is 1.72. The molecule has 2 aliphatic rings. The molecule has 2 N–H and O–H groups in total. The molecular weight excluding hydrogens is 375 g/mol. The second-order valence-corrected chi connectivity index (χ2v) is 9.00. The number of piperidine rings is 1. The van der Waals surface area contributed by atoms with Crippen molar-refractivity contribution in [3.63, 3.8) is 0 Å². The van der Waals surface area contributed by atoms with Crippen LogP contribution in [0.15, 0.2) is 12.1 Å². The molecule has 1 aromatic carbocycles. The van der Waals surface area contributed by atoms with Crippen LogP contribution in [0, 0.1) is 0 Å². The number of hydrogen-bond donors (Lipinski definition) is 2. The standard InChI is InChI=1S/C19H26Cl2N2O3/c1-19(2,3)26-18(25)22-12-5-4-6-23(10-12)17-14-7-11(20)8-15(21)13(14)9-16(17)24/h7-8,12,16-17,24H,4-6,9-10H2,1-3H3,(H,22,25). The van der Waals surface area contributed by atoms with Crippen LogP contribution in [-0.4, -0.2) is 46.9 Å². The average molecular weight is 401 g/mol. The first-order valence-electron chi connectivity index (χ1n) is 9.03. The molecule has 0 aromatic heterocycles. The normalized spacial score (nSPS) is 26.5. The van der Waals surface area contributed by atoms with Gasteiger partial charge >= 0.3 is 6.09 Å². The molecule has 3 rings (SSSR count). The number of rotatable bonds is 2. The van der Waals surface area contributed by atoms with Crippen molar-refractivity contribution in [3.05, 3.63) is 33.3 Å². The van der Waals surface area contributed by atoms with E-state index in [9.17, 15) is 9.90 Å². The van der Waals surface area contributed by atoms with Gasteiger partial charge in [-0.15, -0.1) is 0 Å². The SMILES string of the molecule is CC(C)(C)OC(=O)NC1CCCN(C2c3cc(Cl)cc(Cl)c3CC2O)C1. The van der Waals surface area contributed by atoms with Gasteiger partial charge in [-0.1, -0.05) is 23.2 Å². The quantitative estimate of drug-likeness (QED) is 0.788. The van der Waals surface area contributed by atoms with Crippen molar-refractivity contribution < 1.29 is 14.6 Å². The lowest BCUT2D eigenvalue weighted by Gasteiger charge is -2.38. The zero-order valence-electron chi connectivity index (χ0n) is 15.4. The third-order valence-corrected chi connectivity index (χ3v) is 5.41. The first-order valence-corrected chi connectivity index (χ1v) is 9.79. The van der Waals surface area contributed by atoms with Crippen LogP contribution in [0.5, 0.6) is 0 Å². The summed E-state index contributed by atoms with van der Waals surface area (Å²) in [5.74, 6) is 0. The summed E-state index contributed by atoms with van der Waals surface area (Å²) in [6.45, 7) is 7.06. The summed E-state index contributed by atoms with van der Waals surface area (Å²) in [7, 11) is 0. The lowest BCUT2D eigenvalue weighted by Crippen LogP contribution is -2.50. The number of aliphatic hydroxyl groups excluding tert-OH is 1. The van der Waals surface area contributed by atoms with E-state index in [-0.39, 0.29) is 12.1 Å². The maximum Gasteiger partial charge on any atom is 0.407 e. The number of nitrogens with zero attached hydrogens (tertiary/aromatic N) is 1. The van der Waals surface area contributed by atoms with Crippen molar-refractivity contribution in [1.82, 2.24) is 10.2 Å². The Bertz CT molecular complexity index is 690. The lowest BCUT2D eigenvalue weighted by atomic mass is 9.99. The molecule has 1 saturated heterocycles. The third kappa shape index (κ3) is 4.45. The van der Waals surface area contributed by atoms with Crippen LogP contribution in [0.4, 0.5) is 4.79 Å². The summed E-state index contributed by atoms with van der Waals surface area (Å²) < 4.78 is 5.36. The summed E-state index contributed by atoms with van der Waals surface area (Å²) in [5.41, 5.74) is 1.44. The number of halogens is 2. The van der Waals surface area contributed by atoms with E-state index in [0.717, 1.165) is 30.5 Å². The summed E-state index contributed by atoms with van der Waals surface area (Å²) in [5, 5.41) is 14.8. The fraction of sp³-hybridized carbons (Fsp3) is 0.632. The molecule has 1 fully saturated rings. The van der Waals surface area contributed by atoms with Crippen LogP contribution in [0.2, 0.25) is 10.0 Å². The lowest BCUT2D eigenvalue weighted by molar-refractivity contribution is 0.0303. The average Bonchev–Trinajstić information content (AvgIpc) is 2.82. The minimum Gasteiger partial charge on any atom is -0.444 e. The fourth-order valence-corrected chi connectivity index (χ4v) is 4.51. The molecule has 0 saturated carbocycles. The Hall–Kier alpha value is -1.01. The highest BCUT2D eigenvalue weighted by atomic mass is 35.5. The maximum absolute atomic E-state index is 12.1. The second-order valence-electron chi connectivity index (χ2n) is 8.15. The Morgan fingerprint density at radius 2 is 2.08 bits per heavy atom. The number of likely N-dealkylation sites (tertiary alicyclic amines) is 1. The molecule has 26 heavy (non-hydrogen) atoms. The number of alkyl carbamates (subject to hydrolysis) is 1. The van der Waals surface area contributed by atoms with E-state index in [1.54, 1.807) is 6.07 Å². The van der Waals surface area contributed by atoms with Crippen molar-refractivity contribution in [3.8, 4) is 0 Å². The number of fused-ring (bicyclic) bond motifs is 1. The number of carbonyl (C=O) groups excluding carboxylic acids is 1. The molecule has 1 aliphatic heterocycles.